The van der Waals surface area contributed by atoms with Crippen molar-refractivity contribution in [2.24, 2.45) is 5.73 Å². The molecule has 6 heteroatoms. The number of hydrogen-bond donors (Lipinski definition) is 2. The van der Waals surface area contributed by atoms with Gasteiger partial charge in [-0.3, -0.25) is 0 Å². The van der Waals surface area contributed by atoms with Gasteiger partial charge < -0.3 is 5.73 Å². The second kappa shape index (κ2) is 6.66. The number of sulfonamides is 1. The van der Waals surface area contributed by atoms with Crippen LogP contribution in [-0.2, 0) is 16.6 Å². The van der Waals surface area contributed by atoms with Gasteiger partial charge in [0.2, 0.25) is 10.0 Å². The maximum Gasteiger partial charge on any atom is 0.214 e. The van der Waals surface area contributed by atoms with E-state index < -0.39 is 21.1 Å². The van der Waals surface area contributed by atoms with Crippen molar-refractivity contribution in [1.82, 2.24) is 4.72 Å². The number of nitrogens with two attached hydrogens (primary N) is 1. The predicted molar refractivity (Wildman–Crippen MR) is 73.2 cm³/mol. The highest BCUT2D eigenvalue weighted by Gasteiger charge is 2.15. The summed E-state index contributed by atoms with van der Waals surface area (Å²) in [6.45, 7) is 3.24. The molecule has 4 nitrogen and oxygen atoms in total. The molecule has 0 amide bonds. The third kappa shape index (κ3) is 4.63. The fourth-order valence-corrected chi connectivity index (χ4v) is 1.98. The first-order chi connectivity index (χ1) is 8.86. The number of rotatable bonds is 4. The van der Waals surface area contributed by atoms with Gasteiger partial charge in [0.15, 0.2) is 0 Å². The van der Waals surface area contributed by atoms with Crippen LogP contribution in [0, 0.1) is 17.7 Å². The lowest BCUT2D eigenvalue weighted by atomic mass is 10.1. The molecule has 0 atom stereocenters. The first-order valence-electron chi connectivity index (χ1n) is 5.82. The highest BCUT2D eigenvalue weighted by molar-refractivity contribution is 7.90. The molecule has 19 heavy (non-hydrogen) atoms. The van der Waals surface area contributed by atoms with Gasteiger partial charge in [0.05, 0.1) is 11.8 Å². The summed E-state index contributed by atoms with van der Waals surface area (Å²) < 4.78 is 39.1. The summed E-state index contributed by atoms with van der Waals surface area (Å²) >= 11 is 0. The summed E-state index contributed by atoms with van der Waals surface area (Å²) in [5.74, 6) is 4.96. The molecule has 0 aliphatic carbocycles. The van der Waals surface area contributed by atoms with Crippen LogP contribution < -0.4 is 10.5 Å². The van der Waals surface area contributed by atoms with Crippen LogP contribution in [-0.4, -0.2) is 20.2 Å². The molecule has 0 bridgehead atoms. The lowest BCUT2D eigenvalue weighted by Gasteiger charge is -2.10. The van der Waals surface area contributed by atoms with Gasteiger partial charge >= 0.3 is 0 Å². The van der Waals surface area contributed by atoms with E-state index in [1.54, 1.807) is 13.8 Å². The zero-order valence-corrected chi connectivity index (χ0v) is 11.7. The van der Waals surface area contributed by atoms with Crippen LogP contribution >= 0.6 is 0 Å². The van der Waals surface area contributed by atoms with Gasteiger partial charge in [0, 0.05) is 17.7 Å². The normalized spacial score (nSPS) is 11.2. The Bertz CT molecular complexity index is 601. The first kappa shape index (κ1) is 15.6. The molecule has 0 saturated heterocycles. The molecular formula is C13H17FN2O2S. The molecule has 0 aliphatic heterocycles. The minimum Gasteiger partial charge on any atom is -0.320 e. The molecule has 1 aromatic rings. The molecule has 0 aliphatic rings. The Morgan fingerprint density at radius 2 is 2.11 bits per heavy atom. The lowest BCUT2D eigenvalue weighted by Crippen LogP contribution is -2.30. The second-order valence-electron chi connectivity index (χ2n) is 4.23. The zero-order chi connectivity index (χ0) is 14.5. The largest absolute Gasteiger partial charge is 0.320 e. The van der Waals surface area contributed by atoms with E-state index in [0.717, 1.165) is 0 Å². The van der Waals surface area contributed by atoms with E-state index in [1.807, 2.05) is 0 Å². The Balaban J connectivity index is 2.89. The van der Waals surface area contributed by atoms with Crippen molar-refractivity contribution < 1.29 is 12.8 Å². The van der Waals surface area contributed by atoms with E-state index in [-0.39, 0.29) is 18.7 Å². The minimum atomic E-state index is -3.42. The average molecular weight is 284 g/mol. The maximum atomic E-state index is 13.6. The lowest BCUT2D eigenvalue weighted by molar-refractivity contribution is 0.566. The molecule has 3 N–H and O–H groups in total. The van der Waals surface area contributed by atoms with Crippen LogP contribution in [0.2, 0.25) is 0 Å². The van der Waals surface area contributed by atoms with Crippen molar-refractivity contribution in [2.45, 2.75) is 25.6 Å². The molecule has 104 valence electrons. The van der Waals surface area contributed by atoms with Gasteiger partial charge in [-0.05, 0) is 32.0 Å². The van der Waals surface area contributed by atoms with Gasteiger partial charge in [-0.1, -0.05) is 11.8 Å². The monoisotopic (exact) mass is 284 g/mol. The van der Waals surface area contributed by atoms with Gasteiger partial charge in [0.25, 0.3) is 0 Å². The summed E-state index contributed by atoms with van der Waals surface area (Å²) in [5, 5.41) is -0.559. The fraction of sp³-hybridized carbons (Fsp3) is 0.385. The molecule has 0 aromatic heterocycles. The van der Waals surface area contributed by atoms with Crippen molar-refractivity contribution in [3.8, 4) is 11.8 Å². The third-order valence-corrected chi connectivity index (χ3v) is 4.25. The smallest absolute Gasteiger partial charge is 0.214 e. The molecule has 1 rings (SSSR count). The summed E-state index contributed by atoms with van der Waals surface area (Å²) in [7, 11) is -3.42. The fourth-order valence-electron chi connectivity index (χ4n) is 1.29. The Morgan fingerprint density at radius 1 is 1.42 bits per heavy atom. The van der Waals surface area contributed by atoms with E-state index in [9.17, 15) is 12.8 Å². The van der Waals surface area contributed by atoms with E-state index >= 15 is 0 Å². The zero-order valence-electron chi connectivity index (χ0n) is 10.9. The van der Waals surface area contributed by atoms with Crippen LogP contribution in [0.25, 0.3) is 0 Å². The Hall–Kier alpha value is -1.42. The molecule has 0 radical (unpaired) electrons. The highest BCUT2D eigenvalue weighted by Crippen LogP contribution is 2.11. The van der Waals surface area contributed by atoms with E-state index in [4.69, 9.17) is 5.73 Å². The van der Waals surface area contributed by atoms with E-state index in [2.05, 4.69) is 16.6 Å². The topological polar surface area (TPSA) is 72.2 Å². The standard InChI is InChI=1S/C13H17FN2O2S/c1-10(2)19(17,18)16-9-12-8-11(4-3-7-15)5-6-13(12)14/h5-6,8,10,16H,7,9,15H2,1-2H3. The minimum absolute atomic E-state index is 0.0928. The predicted octanol–water partition coefficient (Wildman–Crippen LogP) is 0.964. The third-order valence-electron chi connectivity index (χ3n) is 2.46. The molecule has 0 saturated carbocycles. The number of benzene rings is 1. The number of nitrogens with one attached hydrogen (secondary N) is 1. The molecule has 0 fully saturated rings. The Labute approximate surface area is 113 Å². The maximum absolute atomic E-state index is 13.6. The van der Waals surface area contributed by atoms with E-state index in [0.29, 0.717) is 5.56 Å². The molecular weight excluding hydrogens is 267 g/mol. The Morgan fingerprint density at radius 3 is 2.68 bits per heavy atom. The SMILES string of the molecule is CC(C)S(=O)(=O)NCc1cc(C#CCN)ccc1F. The van der Waals surface area contributed by atoms with Gasteiger partial charge in [-0.25, -0.2) is 17.5 Å². The second-order valence-corrected chi connectivity index (χ2v) is 6.55. The average Bonchev–Trinajstić information content (AvgIpc) is 2.36. The van der Waals surface area contributed by atoms with Gasteiger partial charge in [0.1, 0.15) is 5.82 Å². The molecule has 0 unspecified atom stereocenters. The van der Waals surface area contributed by atoms with E-state index in [1.165, 1.54) is 18.2 Å². The molecule has 1 aromatic carbocycles. The van der Waals surface area contributed by atoms with Crippen molar-refractivity contribution in [3.63, 3.8) is 0 Å². The Kier molecular flexibility index (Phi) is 5.48. The van der Waals surface area contributed by atoms with Crippen LogP contribution in [0.3, 0.4) is 0 Å². The quantitative estimate of drug-likeness (QED) is 0.809. The number of hydrogen-bond acceptors (Lipinski definition) is 3. The molecule has 0 spiro atoms. The summed E-state index contributed by atoms with van der Waals surface area (Å²) in [5.41, 5.74) is 6.11. The van der Waals surface area contributed by atoms with Crippen LogP contribution in [0.15, 0.2) is 18.2 Å². The van der Waals surface area contributed by atoms with Crippen molar-refractivity contribution in [3.05, 3.63) is 35.1 Å². The van der Waals surface area contributed by atoms with Crippen molar-refractivity contribution in [1.29, 1.82) is 0 Å². The van der Waals surface area contributed by atoms with Crippen molar-refractivity contribution >= 4 is 10.0 Å². The highest BCUT2D eigenvalue weighted by atomic mass is 32.2. The summed E-state index contributed by atoms with van der Waals surface area (Å²) in [6.07, 6.45) is 0. The van der Waals surface area contributed by atoms with Crippen LogP contribution in [0.5, 0.6) is 0 Å². The molecule has 0 heterocycles. The van der Waals surface area contributed by atoms with Crippen molar-refractivity contribution in [2.75, 3.05) is 6.54 Å². The van der Waals surface area contributed by atoms with Crippen LogP contribution in [0.1, 0.15) is 25.0 Å². The van der Waals surface area contributed by atoms with Crippen LogP contribution in [0.4, 0.5) is 4.39 Å². The van der Waals surface area contributed by atoms with Gasteiger partial charge in [-0.15, -0.1) is 0 Å². The number of halogens is 1. The summed E-state index contributed by atoms with van der Waals surface area (Å²) in [6, 6.07) is 4.30. The van der Waals surface area contributed by atoms with Gasteiger partial charge in [-0.2, -0.15) is 0 Å². The first-order valence-corrected chi connectivity index (χ1v) is 7.37. The summed E-state index contributed by atoms with van der Waals surface area (Å²) in [4.78, 5) is 0.